The minimum Gasteiger partial charge on any atom is -0.380 e. The van der Waals surface area contributed by atoms with Crippen LogP contribution in [0.25, 0.3) is 10.9 Å². The standard InChI is InChI=1S/C18H23ClN2/c1-12(2)13-5-3-7-16(10-13)21-17-11-15(19)9-14-6-4-8-20-18(14)17/h4,6,8-9,11-13,16,21H,3,5,7,10H2,1-2H3. The smallest absolute Gasteiger partial charge is 0.0934 e. The molecule has 1 aliphatic rings. The van der Waals surface area contributed by atoms with Gasteiger partial charge in [0, 0.05) is 22.6 Å². The highest BCUT2D eigenvalue weighted by Gasteiger charge is 2.24. The Bertz CT molecular complexity index is 624. The SMILES string of the molecule is CC(C)C1CCCC(Nc2cc(Cl)cc3cccnc23)C1. The quantitative estimate of drug-likeness (QED) is 0.808. The zero-order valence-corrected chi connectivity index (χ0v) is 13.5. The van der Waals surface area contributed by atoms with Crippen LogP contribution in [0.15, 0.2) is 30.5 Å². The number of benzene rings is 1. The number of rotatable bonds is 3. The van der Waals surface area contributed by atoms with Crippen molar-refractivity contribution in [2.24, 2.45) is 11.8 Å². The summed E-state index contributed by atoms with van der Waals surface area (Å²) in [6, 6.07) is 8.55. The van der Waals surface area contributed by atoms with E-state index in [4.69, 9.17) is 11.6 Å². The van der Waals surface area contributed by atoms with Crippen LogP contribution in [0.4, 0.5) is 5.69 Å². The van der Waals surface area contributed by atoms with Crippen LogP contribution in [-0.4, -0.2) is 11.0 Å². The zero-order chi connectivity index (χ0) is 14.8. The van der Waals surface area contributed by atoms with Crippen molar-refractivity contribution in [2.45, 2.75) is 45.6 Å². The van der Waals surface area contributed by atoms with Gasteiger partial charge in [-0.15, -0.1) is 0 Å². The maximum atomic E-state index is 6.25. The normalized spacial score (nSPS) is 22.7. The summed E-state index contributed by atoms with van der Waals surface area (Å²) in [5.74, 6) is 1.60. The van der Waals surface area contributed by atoms with Crippen LogP contribution >= 0.6 is 11.6 Å². The molecule has 2 unspecified atom stereocenters. The molecular weight excluding hydrogens is 280 g/mol. The van der Waals surface area contributed by atoms with Crippen LogP contribution in [0.5, 0.6) is 0 Å². The van der Waals surface area contributed by atoms with E-state index >= 15 is 0 Å². The number of nitrogens with zero attached hydrogens (tertiary/aromatic N) is 1. The summed E-state index contributed by atoms with van der Waals surface area (Å²) < 4.78 is 0. The van der Waals surface area contributed by atoms with Gasteiger partial charge in [-0.2, -0.15) is 0 Å². The third-order valence-electron chi connectivity index (χ3n) is 4.69. The molecule has 21 heavy (non-hydrogen) atoms. The Labute approximate surface area is 131 Å². The van der Waals surface area contributed by atoms with Crippen LogP contribution in [0.3, 0.4) is 0 Å². The number of hydrogen-bond acceptors (Lipinski definition) is 2. The number of halogens is 1. The fraction of sp³-hybridized carbons (Fsp3) is 0.500. The summed E-state index contributed by atoms with van der Waals surface area (Å²) >= 11 is 6.25. The first-order valence-corrected chi connectivity index (χ1v) is 8.32. The summed E-state index contributed by atoms with van der Waals surface area (Å²) in [4.78, 5) is 4.52. The fourth-order valence-corrected chi connectivity index (χ4v) is 3.68. The highest BCUT2D eigenvalue weighted by atomic mass is 35.5. The van der Waals surface area contributed by atoms with Crippen LogP contribution < -0.4 is 5.32 Å². The highest BCUT2D eigenvalue weighted by molar-refractivity contribution is 6.31. The van der Waals surface area contributed by atoms with Crippen LogP contribution in [-0.2, 0) is 0 Å². The highest BCUT2D eigenvalue weighted by Crippen LogP contribution is 2.33. The molecule has 1 aliphatic carbocycles. The van der Waals surface area contributed by atoms with Gasteiger partial charge in [-0.05, 0) is 42.9 Å². The second kappa shape index (κ2) is 6.23. The summed E-state index contributed by atoms with van der Waals surface area (Å²) in [5, 5.41) is 5.58. The van der Waals surface area contributed by atoms with Gasteiger partial charge in [0.1, 0.15) is 0 Å². The van der Waals surface area contributed by atoms with Crippen molar-refractivity contribution >= 4 is 28.2 Å². The first-order valence-electron chi connectivity index (χ1n) is 7.94. The molecule has 1 fully saturated rings. The summed E-state index contributed by atoms with van der Waals surface area (Å²) in [6.45, 7) is 4.67. The van der Waals surface area contributed by atoms with Gasteiger partial charge < -0.3 is 5.32 Å². The average molecular weight is 303 g/mol. The summed E-state index contributed by atoms with van der Waals surface area (Å²) in [5.41, 5.74) is 2.10. The lowest BCUT2D eigenvalue weighted by atomic mass is 9.79. The molecule has 0 radical (unpaired) electrons. The molecule has 0 aliphatic heterocycles. The number of pyridine rings is 1. The molecule has 1 saturated carbocycles. The van der Waals surface area contributed by atoms with Crippen molar-refractivity contribution in [2.75, 3.05) is 5.32 Å². The van der Waals surface area contributed by atoms with Gasteiger partial charge >= 0.3 is 0 Å². The molecule has 2 atom stereocenters. The molecule has 0 bridgehead atoms. The topological polar surface area (TPSA) is 24.9 Å². The minimum atomic E-state index is 0.537. The van der Waals surface area contributed by atoms with E-state index in [1.54, 1.807) is 0 Å². The summed E-state index contributed by atoms with van der Waals surface area (Å²) in [6.07, 6.45) is 7.01. The predicted molar refractivity (Wildman–Crippen MR) is 91.0 cm³/mol. The first-order chi connectivity index (χ1) is 10.1. The van der Waals surface area contributed by atoms with E-state index in [9.17, 15) is 0 Å². The van der Waals surface area contributed by atoms with Gasteiger partial charge in [0.15, 0.2) is 0 Å². The van der Waals surface area contributed by atoms with Crippen LogP contribution in [0.2, 0.25) is 5.02 Å². The maximum absolute atomic E-state index is 6.25. The van der Waals surface area contributed by atoms with E-state index < -0.39 is 0 Å². The van der Waals surface area contributed by atoms with Crippen LogP contribution in [0.1, 0.15) is 39.5 Å². The van der Waals surface area contributed by atoms with Crippen molar-refractivity contribution in [1.29, 1.82) is 0 Å². The second-order valence-electron chi connectivity index (χ2n) is 6.54. The number of anilines is 1. The van der Waals surface area contributed by atoms with Gasteiger partial charge in [-0.1, -0.05) is 44.4 Å². The maximum Gasteiger partial charge on any atom is 0.0934 e. The van der Waals surface area contributed by atoms with Crippen molar-refractivity contribution in [3.63, 3.8) is 0 Å². The number of aromatic nitrogens is 1. The van der Waals surface area contributed by atoms with Gasteiger partial charge in [0.25, 0.3) is 0 Å². The van der Waals surface area contributed by atoms with Gasteiger partial charge in [0.05, 0.1) is 11.2 Å². The van der Waals surface area contributed by atoms with Gasteiger partial charge in [0.2, 0.25) is 0 Å². The van der Waals surface area contributed by atoms with Crippen LogP contribution in [0, 0.1) is 11.8 Å². The molecule has 3 rings (SSSR count). The van der Waals surface area contributed by atoms with E-state index in [0.29, 0.717) is 6.04 Å². The molecule has 3 heteroatoms. The third kappa shape index (κ3) is 3.32. The first kappa shape index (κ1) is 14.6. The largest absolute Gasteiger partial charge is 0.380 e. The Kier molecular flexibility index (Phi) is 4.34. The number of hydrogen-bond donors (Lipinski definition) is 1. The molecule has 112 valence electrons. The molecular formula is C18H23ClN2. The second-order valence-corrected chi connectivity index (χ2v) is 6.98. The molecule has 1 aromatic heterocycles. The van der Waals surface area contributed by atoms with Crippen molar-refractivity contribution in [3.05, 3.63) is 35.5 Å². The van der Waals surface area contributed by atoms with Gasteiger partial charge in [-0.25, -0.2) is 0 Å². The lowest BCUT2D eigenvalue weighted by molar-refractivity contribution is 0.264. The predicted octanol–water partition coefficient (Wildman–Crippen LogP) is 5.51. The Morgan fingerprint density at radius 3 is 2.95 bits per heavy atom. The monoisotopic (exact) mass is 302 g/mol. The molecule has 1 heterocycles. The third-order valence-corrected chi connectivity index (χ3v) is 4.91. The molecule has 0 spiro atoms. The van der Waals surface area contributed by atoms with E-state index in [1.807, 2.05) is 24.4 Å². The molecule has 0 saturated heterocycles. The Morgan fingerprint density at radius 2 is 2.14 bits per heavy atom. The number of nitrogens with one attached hydrogen (secondary N) is 1. The van der Waals surface area contributed by atoms with E-state index in [0.717, 1.165) is 33.4 Å². The van der Waals surface area contributed by atoms with E-state index in [1.165, 1.54) is 25.7 Å². The average Bonchev–Trinajstić information content (AvgIpc) is 2.47. The zero-order valence-electron chi connectivity index (χ0n) is 12.8. The summed E-state index contributed by atoms with van der Waals surface area (Å²) in [7, 11) is 0. The van der Waals surface area contributed by atoms with Gasteiger partial charge in [-0.3, -0.25) is 4.98 Å². The van der Waals surface area contributed by atoms with E-state index in [-0.39, 0.29) is 0 Å². The molecule has 0 amide bonds. The molecule has 1 N–H and O–H groups in total. The number of fused-ring (bicyclic) bond motifs is 1. The molecule has 2 aromatic rings. The van der Waals surface area contributed by atoms with Crippen molar-refractivity contribution < 1.29 is 0 Å². The lowest BCUT2D eigenvalue weighted by Gasteiger charge is -2.32. The Hall–Kier alpha value is -1.28. The molecule has 1 aromatic carbocycles. The van der Waals surface area contributed by atoms with E-state index in [2.05, 4.69) is 30.2 Å². The lowest BCUT2D eigenvalue weighted by Crippen LogP contribution is -2.29. The van der Waals surface area contributed by atoms with Crippen molar-refractivity contribution in [1.82, 2.24) is 4.98 Å². The Morgan fingerprint density at radius 1 is 1.29 bits per heavy atom. The van der Waals surface area contributed by atoms with Crippen molar-refractivity contribution in [3.8, 4) is 0 Å². The minimum absolute atomic E-state index is 0.537. The fourth-order valence-electron chi connectivity index (χ4n) is 3.45. The molecule has 2 nitrogen and oxygen atoms in total. The Balaban J connectivity index is 1.84.